The first-order chi connectivity index (χ1) is 13.2. The summed E-state index contributed by atoms with van der Waals surface area (Å²) in [5.74, 6) is 2.63. The molecule has 0 spiro atoms. The summed E-state index contributed by atoms with van der Waals surface area (Å²) in [7, 11) is 0. The molecule has 0 bridgehead atoms. The van der Waals surface area contributed by atoms with Gasteiger partial charge in [0.05, 0.1) is 0 Å². The van der Waals surface area contributed by atoms with Crippen molar-refractivity contribution in [2.75, 3.05) is 13.1 Å². The number of hydrogen-bond donors (Lipinski definition) is 1. The number of rotatable bonds is 5. The van der Waals surface area contributed by atoms with Gasteiger partial charge in [-0.05, 0) is 42.1 Å². The molecule has 0 amide bonds. The third-order valence-corrected chi connectivity index (χ3v) is 4.92. The summed E-state index contributed by atoms with van der Waals surface area (Å²) in [6.45, 7) is 4.00. The molecule has 2 heterocycles. The van der Waals surface area contributed by atoms with Gasteiger partial charge >= 0.3 is 0 Å². The highest BCUT2D eigenvalue weighted by Crippen LogP contribution is 2.32. The zero-order valence-corrected chi connectivity index (χ0v) is 16.0. The molecule has 1 unspecified atom stereocenters. The van der Waals surface area contributed by atoms with E-state index in [1.54, 1.807) is 4.68 Å². The number of aryl methyl sites for hydroxylation is 1. The number of halogens is 1. The Morgan fingerprint density at radius 3 is 2.89 bits per heavy atom. The lowest BCUT2D eigenvalue weighted by molar-refractivity contribution is 0.397. The molecule has 0 fully saturated rings. The maximum Gasteiger partial charge on any atom is 0.246 e. The van der Waals surface area contributed by atoms with Crippen LogP contribution < -0.4 is 5.32 Å². The van der Waals surface area contributed by atoms with E-state index in [0.717, 1.165) is 42.2 Å². The quantitative estimate of drug-likeness (QED) is 0.855. The molecule has 7 heteroatoms. The van der Waals surface area contributed by atoms with Crippen molar-refractivity contribution in [1.29, 1.82) is 0 Å². The molecule has 1 aliphatic heterocycles. The Labute approximate surface area is 163 Å². The van der Waals surface area contributed by atoms with Crippen LogP contribution in [-0.2, 0) is 11.2 Å². The molecule has 0 saturated carbocycles. The van der Waals surface area contributed by atoms with Gasteiger partial charge in [-0.15, -0.1) is 15.3 Å². The van der Waals surface area contributed by atoms with Crippen molar-refractivity contribution < 1.29 is 4.74 Å². The molecule has 1 aromatic heterocycles. The second kappa shape index (κ2) is 8.06. The van der Waals surface area contributed by atoms with Gasteiger partial charge < -0.3 is 10.1 Å². The van der Waals surface area contributed by atoms with E-state index in [4.69, 9.17) is 16.3 Å². The summed E-state index contributed by atoms with van der Waals surface area (Å²) in [6.07, 6.45) is 6.82. The number of benzene rings is 1. The third kappa shape index (κ3) is 3.96. The Morgan fingerprint density at radius 1 is 1.22 bits per heavy atom. The Morgan fingerprint density at radius 2 is 2.07 bits per heavy atom. The van der Waals surface area contributed by atoms with Gasteiger partial charge in [0.1, 0.15) is 5.76 Å². The molecule has 0 saturated heterocycles. The van der Waals surface area contributed by atoms with Crippen LogP contribution in [0, 0.1) is 5.92 Å². The number of fused-ring (bicyclic) bond motifs is 1. The highest BCUT2D eigenvalue weighted by Gasteiger charge is 2.23. The van der Waals surface area contributed by atoms with Crippen molar-refractivity contribution in [2.24, 2.45) is 11.0 Å². The van der Waals surface area contributed by atoms with Crippen LogP contribution in [0.15, 0.2) is 53.3 Å². The average Bonchev–Trinajstić information content (AvgIpc) is 3.08. The van der Waals surface area contributed by atoms with Gasteiger partial charge in [-0.25, -0.2) is 0 Å². The summed E-state index contributed by atoms with van der Waals surface area (Å²) in [5.41, 5.74) is 2.25. The third-order valence-electron chi connectivity index (χ3n) is 4.69. The molecular weight excluding hydrogens is 362 g/mol. The second-order valence-electron chi connectivity index (χ2n) is 6.61. The Bertz CT molecular complexity index is 900. The van der Waals surface area contributed by atoms with Crippen LogP contribution in [-0.4, -0.2) is 33.9 Å². The first kappa shape index (κ1) is 17.9. The highest BCUT2D eigenvalue weighted by atomic mass is 35.5. The predicted octanol–water partition coefficient (Wildman–Crippen LogP) is 3.65. The van der Waals surface area contributed by atoms with Gasteiger partial charge in [-0.3, -0.25) is 0 Å². The zero-order chi connectivity index (χ0) is 18.6. The van der Waals surface area contributed by atoms with Crippen LogP contribution in [0.2, 0.25) is 5.28 Å². The number of nitrogens with zero attached hydrogens (tertiary/aromatic N) is 4. The van der Waals surface area contributed by atoms with Crippen LogP contribution in [0.1, 0.15) is 31.2 Å². The Kier molecular flexibility index (Phi) is 5.36. The van der Waals surface area contributed by atoms with Crippen LogP contribution in [0.4, 0.5) is 0 Å². The van der Waals surface area contributed by atoms with E-state index < -0.39 is 0 Å². The van der Waals surface area contributed by atoms with Gasteiger partial charge in [-0.2, -0.15) is 4.68 Å². The van der Waals surface area contributed by atoms with Crippen LogP contribution in [0.25, 0.3) is 5.57 Å². The van der Waals surface area contributed by atoms with E-state index in [2.05, 4.69) is 51.8 Å². The van der Waals surface area contributed by atoms with Gasteiger partial charge in [-0.1, -0.05) is 43.3 Å². The lowest BCUT2D eigenvalue weighted by Crippen LogP contribution is -2.24. The van der Waals surface area contributed by atoms with Gasteiger partial charge in [0.2, 0.25) is 11.2 Å². The van der Waals surface area contributed by atoms with E-state index in [1.165, 1.54) is 0 Å². The first-order valence-electron chi connectivity index (χ1n) is 9.28. The maximum absolute atomic E-state index is 6.27. The smallest absolute Gasteiger partial charge is 0.246 e. The molecule has 1 aromatic carbocycles. The average molecular weight is 384 g/mol. The summed E-state index contributed by atoms with van der Waals surface area (Å²) < 4.78 is 7.82. The number of ether oxygens (including phenoxy) is 1. The zero-order valence-electron chi connectivity index (χ0n) is 15.2. The molecule has 1 atom stereocenters. The lowest BCUT2D eigenvalue weighted by Gasteiger charge is -2.24. The van der Waals surface area contributed by atoms with Crippen molar-refractivity contribution >= 4 is 23.1 Å². The lowest BCUT2D eigenvalue weighted by atomic mass is 9.91. The minimum Gasteiger partial charge on any atom is -0.441 e. The molecule has 2 aliphatic rings. The van der Waals surface area contributed by atoms with Gasteiger partial charge in [0.25, 0.3) is 0 Å². The second-order valence-corrected chi connectivity index (χ2v) is 6.95. The molecule has 1 aliphatic carbocycles. The van der Waals surface area contributed by atoms with Gasteiger partial charge in [0.15, 0.2) is 5.82 Å². The maximum atomic E-state index is 6.27. The molecule has 27 heavy (non-hydrogen) atoms. The van der Waals surface area contributed by atoms with Gasteiger partial charge in [0, 0.05) is 25.0 Å². The van der Waals surface area contributed by atoms with E-state index in [9.17, 15) is 0 Å². The molecule has 1 N–H and O–H groups in total. The number of aromatic nitrogens is 3. The molecule has 4 rings (SSSR count). The number of nitrogens with one attached hydrogen (secondary N) is 1. The van der Waals surface area contributed by atoms with Crippen LogP contribution in [0.3, 0.4) is 0 Å². The molecular formula is C20H22ClN5O. The predicted molar refractivity (Wildman–Crippen MR) is 106 cm³/mol. The largest absolute Gasteiger partial charge is 0.441 e. The Hall–Kier alpha value is -2.44. The SMILES string of the molecule is CCNCC1C=C(OC2=Nn3c(Cl)nnc3CC2)C(c2ccccc2)=CC1. The number of hydrogen-bond acceptors (Lipinski definition) is 5. The minimum atomic E-state index is 0.257. The van der Waals surface area contributed by atoms with Crippen LogP contribution in [0.5, 0.6) is 0 Å². The summed E-state index contributed by atoms with van der Waals surface area (Å²) in [5, 5.41) is 16.1. The monoisotopic (exact) mass is 383 g/mol. The molecule has 140 valence electrons. The fourth-order valence-corrected chi connectivity index (χ4v) is 3.48. The first-order valence-corrected chi connectivity index (χ1v) is 9.66. The van der Waals surface area contributed by atoms with E-state index in [1.807, 2.05) is 18.2 Å². The normalized spacial score (nSPS) is 19.0. The Balaban J connectivity index is 1.61. The van der Waals surface area contributed by atoms with Crippen LogP contribution >= 0.6 is 11.6 Å². The fraction of sp³-hybridized carbons (Fsp3) is 0.350. The summed E-state index contributed by atoms with van der Waals surface area (Å²) in [4.78, 5) is 0. The molecule has 2 aromatic rings. The van der Waals surface area contributed by atoms with E-state index in [-0.39, 0.29) is 5.28 Å². The fourth-order valence-electron chi connectivity index (χ4n) is 3.30. The van der Waals surface area contributed by atoms with Crippen molar-refractivity contribution in [3.05, 3.63) is 64.9 Å². The highest BCUT2D eigenvalue weighted by molar-refractivity contribution is 6.28. The number of allylic oxidation sites excluding steroid dienone is 2. The van der Waals surface area contributed by atoms with Crippen molar-refractivity contribution in [3.63, 3.8) is 0 Å². The van der Waals surface area contributed by atoms with Crippen molar-refractivity contribution in [1.82, 2.24) is 20.2 Å². The molecule has 0 radical (unpaired) electrons. The topological polar surface area (TPSA) is 64.3 Å². The van der Waals surface area contributed by atoms with E-state index in [0.29, 0.717) is 24.7 Å². The van der Waals surface area contributed by atoms with E-state index >= 15 is 0 Å². The minimum absolute atomic E-state index is 0.257. The summed E-state index contributed by atoms with van der Waals surface area (Å²) >= 11 is 6.06. The summed E-state index contributed by atoms with van der Waals surface area (Å²) in [6, 6.07) is 10.3. The van der Waals surface area contributed by atoms with Crippen molar-refractivity contribution in [2.45, 2.75) is 26.2 Å². The molecule has 6 nitrogen and oxygen atoms in total. The van der Waals surface area contributed by atoms with Crippen molar-refractivity contribution in [3.8, 4) is 0 Å². The standard InChI is InChI=1S/C20H22ClN5O/c1-2-22-13-14-8-9-16(15-6-4-3-5-7-15)17(12-14)27-19-11-10-18-23-24-20(21)26(18)25-19/h3-7,9,12,14,22H,2,8,10-11,13H2,1H3.